The molecule has 2 aliphatic carbocycles. The second-order valence-electron chi connectivity index (χ2n) is 7.05. The van der Waals surface area contributed by atoms with E-state index in [1.807, 2.05) is 16.7 Å². The van der Waals surface area contributed by atoms with Crippen molar-refractivity contribution in [2.45, 2.75) is 62.9 Å². The van der Waals surface area contributed by atoms with Gasteiger partial charge in [0.25, 0.3) is 0 Å². The fourth-order valence-corrected chi connectivity index (χ4v) is 4.38. The highest BCUT2D eigenvalue weighted by molar-refractivity contribution is 5.80. The van der Waals surface area contributed by atoms with Gasteiger partial charge in [0, 0.05) is 12.0 Å². The molecule has 4 rings (SSSR count). The Morgan fingerprint density at radius 2 is 2.09 bits per heavy atom. The van der Waals surface area contributed by atoms with Crippen LogP contribution in [0.15, 0.2) is 30.2 Å². The normalized spacial score (nSPS) is 34.4. The zero-order chi connectivity index (χ0) is 16.0. The molecule has 0 aromatic carbocycles. The number of rotatable bonds is 3. The maximum Gasteiger partial charge on any atom is 0.128 e. The second kappa shape index (κ2) is 5.87. The summed E-state index contributed by atoms with van der Waals surface area (Å²) in [6.07, 6.45) is 9.87. The molecule has 23 heavy (non-hydrogen) atoms. The highest BCUT2D eigenvalue weighted by atomic mass is 19.1. The average molecular weight is 318 g/mol. The van der Waals surface area contributed by atoms with E-state index in [4.69, 9.17) is 0 Å². The first-order chi connectivity index (χ1) is 11.1. The molecule has 1 aromatic heterocycles. The SMILES string of the molecule is OC1CCC(C(O)CC2C3=C(C=CC[C@H]3F)c3cncn32)CC1. The summed E-state index contributed by atoms with van der Waals surface area (Å²) < 4.78 is 16.5. The molecule has 3 atom stereocenters. The molecule has 0 amide bonds. The van der Waals surface area contributed by atoms with Gasteiger partial charge in [0.1, 0.15) is 6.17 Å². The Hall–Kier alpha value is -1.46. The minimum absolute atomic E-state index is 0.135. The van der Waals surface area contributed by atoms with E-state index in [0.29, 0.717) is 12.8 Å². The molecule has 2 N–H and O–H groups in total. The van der Waals surface area contributed by atoms with E-state index in [0.717, 1.165) is 42.5 Å². The molecule has 5 heteroatoms. The third kappa shape index (κ3) is 2.56. The Bertz CT molecular complexity index is 643. The van der Waals surface area contributed by atoms with E-state index >= 15 is 0 Å². The van der Waals surface area contributed by atoms with Crippen LogP contribution in [0.3, 0.4) is 0 Å². The van der Waals surface area contributed by atoms with Crippen LogP contribution >= 0.6 is 0 Å². The lowest BCUT2D eigenvalue weighted by molar-refractivity contribution is 0.0319. The molecule has 0 spiro atoms. The van der Waals surface area contributed by atoms with Gasteiger partial charge >= 0.3 is 0 Å². The van der Waals surface area contributed by atoms with Gasteiger partial charge in [-0.2, -0.15) is 0 Å². The van der Waals surface area contributed by atoms with Gasteiger partial charge in [0.05, 0.1) is 36.5 Å². The molecule has 4 nitrogen and oxygen atoms in total. The predicted molar refractivity (Wildman–Crippen MR) is 85.4 cm³/mol. The van der Waals surface area contributed by atoms with Crippen LogP contribution in [0.25, 0.3) is 5.57 Å². The molecule has 0 radical (unpaired) electrons. The molecule has 3 aliphatic rings. The maximum absolute atomic E-state index is 14.5. The van der Waals surface area contributed by atoms with Crippen LogP contribution in [0.2, 0.25) is 0 Å². The minimum Gasteiger partial charge on any atom is -0.393 e. The van der Waals surface area contributed by atoms with Crippen molar-refractivity contribution in [2.75, 3.05) is 0 Å². The largest absolute Gasteiger partial charge is 0.393 e. The van der Waals surface area contributed by atoms with Crippen LogP contribution in [0, 0.1) is 5.92 Å². The number of alkyl halides is 1. The summed E-state index contributed by atoms with van der Waals surface area (Å²) in [4.78, 5) is 4.20. The summed E-state index contributed by atoms with van der Waals surface area (Å²) in [6.45, 7) is 0. The lowest BCUT2D eigenvalue weighted by atomic mass is 9.80. The van der Waals surface area contributed by atoms with Gasteiger partial charge in [-0.1, -0.05) is 12.2 Å². The van der Waals surface area contributed by atoms with Gasteiger partial charge in [0.2, 0.25) is 0 Å². The molecular formula is C18H23FN2O2. The second-order valence-corrected chi connectivity index (χ2v) is 7.05. The van der Waals surface area contributed by atoms with Crippen molar-refractivity contribution in [3.8, 4) is 0 Å². The van der Waals surface area contributed by atoms with Crippen molar-refractivity contribution in [2.24, 2.45) is 5.92 Å². The van der Waals surface area contributed by atoms with E-state index in [1.54, 1.807) is 12.5 Å². The number of aromatic nitrogens is 2. The summed E-state index contributed by atoms with van der Waals surface area (Å²) in [5.74, 6) is 0.201. The summed E-state index contributed by atoms with van der Waals surface area (Å²) in [5, 5.41) is 20.3. The minimum atomic E-state index is -0.972. The van der Waals surface area contributed by atoms with Crippen molar-refractivity contribution in [1.82, 2.24) is 9.55 Å². The Balaban J connectivity index is 1.56. The fourth-order valence-electron chi connectivity index (χ4n) is 4.38. The Morgan fingerprint density at radius 1 is 1.30 bits per heavy atom. The predicted octanol–water partition coefficient (Wildman–Crippen LogP) is 2.79. The lowest BCUT2D eigenvalue weighted by Gasteiger charge is -2.32. The quantitative estimate of drug-likeness (QED) is 0.901. The Morgan fingerprint density at radius 3 is 2.87 bits per heavy atom. The van der Waals surface area contributed by atoms with Gasteiger partial charge in [-0.25, -0.2) is 9.37 Å². The number of hydrogen-bond acceptors (Lipinski definition) is 3. The highest BCUT2D eigenvalue weighted by Gasteiger charge is 2.38. The topological polar surface area (TPSA) is 58.3 Å². The molecule has 124 valence electrons. The van der Waals surface area contributed by atoms with Crippen molar-refractivity contribution in [3.63, 3.8) is 0 Å². The number of hydrogen-bond donors (Lipinski definition) is 2. The molecule has 1 aliphatic heterocycles. The van der Waals surface area contributed by atoms with Gasteiger partial charge < -0.3 is 14.8 Å². The zero-order valence-corrected chi connectivity index (χ0v) is 13.1. The first-order valence-electron chi connectivity index (χ1n) is 8.58. The van der Waals surface area contributed by atoms with E-state index < -0.39 is 12.3 Å². The van der Waals surface area contributed by atoms with Crippen molar-refractivity contribution in [3.05, 3.63) is 35.9 Å². The molecule has 1 saturated carbocycles. The Kier molecular flexibility index (Phi) is 3.85. The maximum atomic E-state index is 14.5. The third-order valence-corrected chi connectivity index (χ3v) is 5.66. The van der Waals surface area contributed by atoms with Crippen molar-refractivity contribution >= 4 is 5.57 Å². The first kappa shape index (κ1) is 15.1. The van der Waals surface area contributed by atoms with Gasteiger partial charge in [-0.05, 0) is 43.6 Å². The third-order valence-electron chi connectivity index (χ3n) is 5.66. The van der Waals surface area contributed by atoms with Crippen molar-refractivity contribution < 1.29 is 14.6 Å². The highest BCUT2D eigenvalue weighted by Crippen LogP contribution is 2.45. The number of allylic oxidation sites excluding steroid dienone is 4. The molecule has 1 aromatic rings. The van der Waals surface area contributed by atoms with Gasteiger partial charge in [-0.15, -0.1) is 0 Å². The first-order valence-corrected chi connectivity index (χ1v) is 8.58. The molecule has 2 unspecified atom stereocenters. The van der Waals surface area contributed by atoms with E-state index in [-0.39, 0.29) is 18.1 Å². The number of aliphatic hydroxyl groups excluding tert-OH is 2. The molecule has 0 saturated heterocycles. The summed E-state index contributed by atoms with van der Waals surface area (Å²) in [7, 11) is 0. The van der Waals surface area contributed by atoms with Gasteiger partial charge in [0.15, 0.2) is 0 Å². The zero-order valence-electron chi connectivity index (χ0n) is 13.1. The molecular weight excluding hydrogens is 295 g/mol. The fraction of sp³-hybridized carbons (Fsp3) is 0.611. The summed E-state index contributed by atoms with van der Waals surface area (Å²) in [5.41, 5.74) is 2.70. The molecule has 1 fully saturated rings. The van der Waals surface area contributed by atoms with Crippen molar-refractivity contribution in [1.29, 1.82) is 0 Å². The van der Waals surface area contributed by atoms with Crippen LogP contribution in [0.1, 0.15) is 50.3 Å². The van der Waals surface area contributed by atoms with Crippen LogP contribution in [-0.2, 0) is 0 Å². The number of halogens is 1. The van der Waals surface area contributed by atoms with E-state index in [2.05, 4.69) is 4.98 Å². The van der Waals surface area contributed by atoms with Crippen LogP contribution in [0.5, 0.6) is 0 Å². The van der Waals surface area contributed by atoms with E-state index in [9.17, 15) is 14.6 Å². The Labute approximate surface area is 135 Å². The number of aliphatic hydroxyl groups is 2. The van der Waals surface area contributed by atoms with Crippen LogP contribution in [-0.4, -0.2) is 38.1 Å². The molecule has 0 bridgehead atoms. The summed E-state index contributed by atoms with van der Waals surface area (Å²) in [6, 6.07) is -0.135. The lowest BCUT2D eigenvalue weighted by Crippen LogP contribution is -2.30. The van der Waals surface area contributed by atoms with E-state index in [1.165, 1.54) is 0 Å². The number of nitrogens with zero attached hydrogens (tertiary/aromatic N) is 2. The molecule has 2 heterocycles. The monoisotopic (exact) mass is 318 g/mol. The number of imidazole rings is 1. The number of fused-ring (bicyclic) bond motifs is 2. The average Bonchev–Trinajstić information content (AvgIpc) is 3.12. The van der Waals surface area contributed by atoms with Crippen LogP contribution < -0.4 is 0 Å². The smallest absolute Gasteiger partial charge is 0.128 e. The standard InChI is InChI=1S/C18H23FN2O2/c19-14-3-1-2-13-16-9-20-10-21(16)15(18(13)14)8-17(23)11-4-6-12(22)7-5-11/h1-2,9-12,14-15,17,22-23H,3-8H2/t11?,12?,14-,15?,17?/m1/s1. The van der Waals surface area contributed by atoms with Gasteiger partial charge in [-0.3, -0.25) is 0 Å². The summed E-state index contributed by atoms with van der Waals surface area (Å²) >= 11 is 0. The van der Waals surface area contributed by atoms with Crippen LogP contribution in [0.4, 0.5) is 4.39 Å².